The van der Waals surface area contributed by atoms with Crippen LogP contribution in [-0.2, 0) is 13.0 Å². The molecule has 0 saturated carbocycles. The van der Waals surface area contributed by atoms with Gasteiger partial charge in [-0.15, -0.1) is 0 Å². The van der Waals surface area contributed by atoms with Crippen LogP contribution in [0.1, 0.15) is 16.7 Å². The molecular weight excluding hydrogens is 349 g/mol. The van der Waals surface area contributed by atoms with Crippen molar-refractivity contribution >= 4 is 28.3 Å². The van der Waals surface area contributed by atoms with E-state index in [2.05, 4.69) is 71.2 Å². The number of hydrogen-bond donors (Lipinski definition) is 1. The van der Waals surface area contributed by atoms with Crippen molar-refractivity contribution in [2.75, 3.05) is 11.9 Å². The minimum atomic E-state index is 0.822. The van der Waals surface area contributed by atoms with Crippen molar-refractivity contribution in [2.24, 2.45) is 0 Å². The topological polar surface area (TPSA) is 21.3 Å². The molecule has 19 heavy (non-hydrogen) atoms. The highest BCUT2D eigenvalue weighted by Gasteiger charge is 2.11. The van der Waals surface area contributed by atoms with Gasteiger partial charge in [-0.25, -0.2) is 0 Å². The fourth-order valence-corrected chi connectivity index (χ4v) is 2.77. The molecule has 0 aromatic heterocycles. The Hall–Kier alpha value is -1.23. The Labute approximate surface area is 127 Å². The second-order valence-corrected chi connectivity index (χ2v) is 6.02. The minimum Gasteiger partial charge on any atom is -0.493 e. The third-order valence-electron chi connectivity index (χ3n) is 3.42. The molecule has 0 amide bonds. The Balaban J connectivity index is 1.70. The van der Waals surface area contributed by atoms with Crippen molar-refractivity contribution in [1.82, 2.24) is 0 Å². The summed E-state index contributed by atoms with van der Waals surface area (Å²) >= 11 is 2.37. The van der Waals surface area contributed by atoms with Crippen molar-refractivity contribution in [3.8, 4) is 5.75 Å². The molecule has 0 unspecified atom stereocenters. The van der Waals surface area contributed by atoms with E-state index >= 15 is 0 Å². The van der Waals surface area contributed by atoms with Crippen LogP contribution in [0.15, 0.2) is 36.4 Å². The highest BCUT2D eigenvalue weighted by molar-refractivity contribution is 14.1. The highest BCUT2D eigenvalue weighted by Crippen LogP contribution is 2.26. The lowest BCUT2D eigenvalue weighted by Crippen LogP contribution is -2.00. The van der Waals surface area contributed by atoms with E-state index in [1.807, 2.05) is 0 Å². The van der Waals surface area contributed by atoms with Crippen LogP contribution >= 0.6 is 22.6 Å². The maximum absolute atomic E-state index is 5.52. The van der Waals surface area contributed by atoms with Crippen LogP contribution in [0, 0.1) is 10.5 Å². The lowest BCUT2D eigenvalue weighted by atomic mass is 10.1. The molecule has 0 aliphatic carbocycles. The molecule has 0 spiro atoms. The molecule has 0 bridgehead atoms. The maximum Gasteiger partial charge on any atom is 0.122 e. The van der Waals surface area contributed by atoms with E-state index in [0.717, 1.165) is 25.3 Å². The number of nitrogens with one attached hydrogen (secondary N) is 1. The third kappa shape index (κ3) is 2.86. The quantitative estimate of drug-likeness (QED) is 0.826. The number of hydrogen-bond acceptors (Lipinski definition) is 2. The van der Waals surface area contributed by atoms with E-state index < -0.39 is 0 Å². The van der Waals surface area contributed by atoms with Gasteiger partial charge in [0.25, 0.3) is 0 Å². The summed E-state index contributed by atoms with van der Waals surface area (Å²) in [5.41, 5.74) is 5.13. The number of anilines is 1. The monoisotopic (exact) mass is 365 g/mol. The lowest BCUT2D eigenvalue weighted by Gasteiger charge is -2.09. The molecule has 0 atom stereocenters. The van der Waals surface area contributed by atoms with Gasteiger partial charge in [-0.2, -0.15) is 0 Å². The molecule has 3 heteroatoms. The molecule has 0 fully saturated rings. The third-order valence-corrected chi connectivity index (χ3v) is 4.58. The van der Waals surface area contributed by atoms with Gasteiger partial charge in [-0.05, 0) is 64.4 Å². The molecule has 2 nitrogen and oxygen atoms in total. The van der Waals surface area contributed by atoms with E-state index in [0.29, 0.717) is 0 Å². The first-order valence-electron chi connectivity index (χ1n) is 6.47. The van der Waals surface area contributed by atoms with Gasteiger partial charge in [-0.3, -0.25) is 0 Å². The molecule has 3 rings (SSSR count). The number of rotatable bonds is 3. The van der Waals surface area contributed by atoms with Crippen molar-refractivity contribution in [1.29, 1.82) is 0 Å². The SMILES string of the molecule is Cc1ccc(NCc2ccc3c(c2)CCO3)cc1I. The number of ether oxygens (including phenoxy) is 1. The first kappa shape index (κ1) is 12.8. The molecule has 2 aromatic rings. The predicted molar refractivity (Wildman–Crippen MR) is 86.9 cm³/mol. The Morgan fingerprint density at radius 3 is 2.95 bits per heavy atom. The lowest BCUT2D eigenvalue weighted by molar-refractivity contribution is 0.357. The van der Waals surface area contributed by atoms with Crippen LogP contribution in [0.2, 0.25) is 0 Å². The molecular formula is C16H16INO. The summed E-state index contributed by atoms with van der Waals surface area (Å²) in [5.74, 6) is 1.05. The Kier molecular flexibility index (Phi) is 3.64. The van der Waals surface area contributed by atoms with E-state index in [1.165, 1.54) is 25.9 Å². The van der Waals surface area contributed by atoms with Gasteiger partial charge in [0.2, 0.25) is 0 Å². The molecule has 1 aliphatic heterocycles. The second-order valence-electron chi connectivity index (χ2n) is 4.86. The largest absolute Gasteiger partial charge is 0.493 e. The van der Waals surface area contributed by atoms with Crippen LogP contribution in [-0.4, -0.2) is 6.61 Å². The molecule has 1 N–H and O–H groups in total. The average molecular weight is 365 g/mol. The molecule has 0 radical (unpaired) electrons. The molecule has 98 valence electrons. The Morgan fingerprint density at radius 1 is 1.21 bits per heavy atom. The number of halogens is 1. The van der Waals surface area contributed by atoms with Crippen LogP contribution in [0.25, 0.3) is 0 Å². The summed E-state index contributed by atoms with van der Waals surface area (Å²) in [6.07, 6.45) is 1.03. The second kappa shape index (κ2) is 5.41. The first-order chi connectivity index (χ1) is 9.22. The molecule has 1 aliphatic rings. The summed E-state index contributed by atoms with van der Waals surface area (Å²) in [6.45, 7) is 3.81. The molecule has 2 aromatic carbocycles. The first-order valence-corrected chi connectivity index (χ1v) is 7.55. The predicted octanol–water partition coefficient (Wildman–Crippen LogP) is 4.15. The highest BCUT2D eigenvalue weighted by atomic mass is 127. The van der Waals surface area contributed by atoms with E-state index in [4.69, 9.17) is 4.74 Å². The van der Waals surface area contributed by atoms with Crippen molar-refractivity contribution in [3.63, 3.8) is 0 Å². The summed E-state index contributed by atoms with van der Waals surface area (Å²) in [7, 11) is 0. The van der Waals surface area contributed by atoms with Crippen molar-refractivity contribution in [3.05, 3.63) is 56.7 Å². The zero-order valence-electron chi connectivity index (χ0n) is 10.9. The smallest absolute Gasteiger partial charge is 0.122 e. The van der Waals surface area contributed by atoms with Gasteiger partial charge >= 0.3 is 0 Å². The Bertz CT molecular complexity index is 610. The number of aryl methyl sites for hydroxylation is 1. The fraction of sp³-hybridized carbons (Fsp3) is 0.250. The Morgan fingerprint density at radius 2 is 2.11 bits per heavy atom. The van der Waals surface area contributed by atoms with E-state index in [9.17, 15) is 0 Å². The van der Waals surface area contributed by atoms with Crippen LogP contribution in [0.5, 0.6) is 5.75 Å². The van der Waals surface area contributed by atoms with Crippen LogP contribution in [0.3, 0.4) is 0 Å². The van der Waals surface area contributed by atoms with Gasteiger partial charge in [0.1, 0.15) is 5.75 Å². The summed E-state index contributed by atoms with van der Waals surface area (Å²) in [4.78, 5) is 0. The maximum atomic E-state index is 5.52. The average Bonchev–Trinajstić information content (AvgIpc) is 2.87. The van der Waals surface area contributed by atoms with Gasteiger partial charge < -0.3 is 10.1 Å². The molecule has 0 saturated heterocycles. The van der Waals surface area contributed by atoms with Crippen LogP contribution in [0.4, 0.5) is 5.69 Å². The summed E-state index contributed by atoms with van der Waals surface area (Å²) < 4.78 is 6.82. The summed E-state index contributed by atoms with van der Waals surface area (Å²) in [5, 5.41) is 3.47. The minimum absolute atomic E-state index is 0.822. The standard InChI is InChI=1S/C16H16INO/c1-11-2-4-14(9-15(11)17)18-10-12-3-5-16-13(8-12)6-7-19-16/h2-5,8-9,18H,6-7,10H2,1H3. The zero-order valence-corrected chi connectivity index (χ0v) is 13.0. The van der Waals surface area contributed by atoms with Crippen molar-refractivity contribution < 1.29 is 4.74 Å². The van der Waals surface area contributed by atoms with Gasteiger partial charge in [0.05, 0.1) is 6.61 Å². The van der Waals surface area contributed by atoms with Crippen LogP contribution < -0.4 is 10.1 Å². The van der Waals surface area contributed by atoms with Crippen molar-refractivity contribution in [2.45, 2.75) is 19.9 Å². The number of benzene rings is 2. The van der Waals surface area contributed by atoms with Gasteiger partial charge in [0, 0.05) is 22.2 Å². The van der Waals surface area contributed by atoms with E-state index in [-0.39, 0.29) is 0 Å². The summed E-state index contributed by atoms with van der Waals surface area (Å²) in [6, 6.07) is 12.9. The van der Waals surface area contributed by atoms with E-state index in [1.54, 1.807) is 0 Å². The molecule has 1 heterocycles. The number of fused-ring (bicyclic) bond motifs is 1. The zero-order chi connectivity index (χ0) is 13.2. The fourth-order valence-electron chi connectivity index (χ4n) is 2.26. The van der Waals surface area contributed by atoms with Gasteiger partial charge in [0.15, 0.2) is 0 Å². The van der Waals surface area contributed by atoms with Gasteiger partial charge in [-0.1, -0.05) is 18.2 Å². The normalized spacial score (nSPS) is 12.9.